The molecule has 1 heterocycles. The maximum absolute atomic E-state index is 9.40. The Hall–Kier alpha value is -0.860. The molecule has 1 aromatic carbocycles. The molecule has 1 atom stereocenters. The van der Waals surface area contributed by atoms with Crippen molar-refractivity contribution >= 4 is 0 Å². The normalized spacial score (nSPS) is 19.3. The van der Waals surface area contributed by atoms with Crippen molar-refractivity contribution in [3.8, 4) is 0 Å². The van der Waals surface area contributed by atoms with Crippen molar-refractivity contribution in [1.82, 2.24) is 4.90 Å². The fourth-order valence-electron chi connectivity index (χ4n) is 3.28. The number of nitrogens with zero attached hydrogens (tertiary/aromatic N) is 1. The Kier molecular flexibility index (Phi) is 6.05. The first-order valence-electron chi connectivity index (χ1n) is 8.84. The Morgan fingerprint density at radius 2 is 1.73 bits per heavy atom. The molecular weight excluding hydrogens is 270 g/mol. The first kappa shape index (κ1) is 17.5. The van der Waals surface area contributed by atoms with E-state index < -0.39 is 0 Å². The Balaban J connectivity index is 1.78. The van der Waals surface area contributed by atoms with Gasteiger partial charge in [0, 0.05) is 6.54 Å². The molecular formula is C20H33NO. The van der Waals surface area contributed by atoms with E-state index in [1.165, 1.54) is 43.5 Å². The summed E-state index contributed by atoms with van der Waals surface area (Å²) in [5, 5.41) is 9.40. The summed E-state index contributed by atoms with van der Waals surface area (Å²) in [5.41, 5.74) is 3.07. The average Bonchev–Trinajstić information content (AvgIpc) is 2.46. The fourth-order valence-corrected chi connectivity index (χ4v) is 3.28. The van der Waals surface area contributed by atoms with Gasteiger partial charge in [-0.1, -0.05) is 45.0 Å². The van der Waals surface area contributed by atoms with E-state index in [1.54, 1.807) is 0 Å². The van der Waals surface area contributed by atoms with Crippen molar-refractivity contribution in [3.05, 3.63) is 35.4 Å². The molecule has 1 aliphatic rings. The molecule has 124 valence electrons. The minimum Gasteiger partial charge on any atom is -0.393 e. The topological polar surface area (TPSA) is 23.5 Å². The van der Waals surface area contributed by atoms with Crippen LogP contribution in [-0.2, 0) is 12.0 Å². The van der Waals surface area contributed by atoms with E-state index in [0.29, 0.717) is 0 Å². The van der Waals surface area contributed by atoms with E-state index in [-0.39, 0.29) is 11.5 Å². The number of piperidine rings is 1. The third kappa shape index (κ3) is 5.40. The molecule has 1 N–H and O–H groups in total. The zero-order valence-electron chi connectivity index (χ0n) is 14.8. The molecule has 1 fully saturated rings. The standard InChI is InChI=1S/C20H33NO/c1-16(22)5-6-17-11-13-21(14-12-17)15-18-7-9-19(10-8-18)20(2,3)4/h7-10,16-17,22H,5-6,11-15H2,1-4H3. The zero-order valence-corrected chi connectivity index (χ0v) is 14.8. The third-order valence-electron chi connectivity index (χ3n) is 4.93. The molecule has 1 aliphatic heterocycles. The monoisotopic (exact) mass is 303 g/mol. The van der Waals surface area contributed by atoms with E-state index >= 15 is 0 Å². The zero-order chi connectivity index (χ0) is 16.2. The number of rotatable bonds is 5. The van der Waals surface area contributed by atoms with Gasteiger partial charge in [0.15, 0.2) is 0 Å². The molecule has 1 aromatic rings. The maximum atomic E-state index is 9.40. The van der Waals surface area contributed by atoms with Crippen molar-refractivity contribution in [2.24, 2.45) is 5.92 Å². The van der Waals surface area contributed by atoms with Gasteiger partial charge in [0.2, 0.25) is 0 Å². The van der Waals surface area contributed by atoms with Crippen molar-refractivity contribution in [2.45, 2.75) is 71.4 Å². The summed E-state index contributed by atoms with van der Waals surface area (Å²) in [7, 11) is 0. The summed E-state index contributed by atoms with van der Waals surface area (Å²) in [6.07, 6.45) is 4.57. The van der Waals surface area contributed by atoms with Gasteiger partial charge in [-0.2, -0.15) is 0 Å². The Morgan fingerprint density at radius 1 is 1.14 bits per heavy atom. The van der Waals surface area contributed by atoms with Gasteiger partial charge < -0.3 is 5.11 Å². The lowest BCUT2D eigenvalue weighted by molar-refractivity contribution is 0.141. The molecule has 2 rings (SSSR count). The smallest absolute Gasteiger partial charge is 0.0512 e. The molecule has 0 spiro atoms. The molecule has 0 aliphatic carbocycles. The molecule has 0 radical (unpaired) electrons. The van der Waals surface area contributed by atoms with Gasteiger partial charge in [0.1, 0.15) is 0 Å². The lowest BCUT2D eigenvalue weighted by Crippen LogP contribution is -2.33. The van der Waals surface area contributed by atoms with E-state index in [4.69, 9.17) is 0 Å². The van der Waals surface area contributed by atoms with Crippen LogP contribution in [0.5, 0.6) is 0 Å². The molecule has 1 unspecified atom stereocenters. The predicted molar refractivity (Wildman–Crippen MR) is 94.1 cm³/mol. The second-order valence-corrected chi connectivity index (χ2v) is 8.09. The number of hydrogen-bond acceptors (Lipinski definition) is 2. The third-order valence-corrected chi connectivity index (χ3v) is 4.93. The number of hydrogen-bond donors (Lipinski definition) is 1. The number of likely N-dealkylation sites (tertiary alicyclic amines) is 1. The van der Waals surface area contributed by atoms with Crippen LogP contribution in [0, 0.1) is 5.92 Å². The molecule has 0 saturated carbocycles. The summed E-state index contributed by atoms with van der Waals surface area (Å²) in [6, 6.07) is 9.15. The van der Waals surface area contributed by atoms with E-state index in [2.05, 4.69) is 49.9 Å². The molecule has 0 amide bonds. The Morgan fingerprint density at radius 3 is 2.23 bits per heavy atom. The average molecular weight is 303 g/mol. The van der Waals surface area contributed by atoms with E-state index in [9.17, 15) is 5.11 Å². The Bertz CT molecular complexity index is 436. The Labute approximate surface area is 136 Å². The van der Waals surface area contributed by atoms with Crippen LogP contribution < -0.4 is 0 Å². The molecule has 2 heteroatoms. The van der Waals surface area contributed by atoms with Gasteiger partial charge in [0.25, 0.3) is 0 Å². The minimum absolute atomic E-state index is 0.139. The summed E-state index contributed by atoms with van der Waals surface area (Å²) in [5.74, 6) is 0.814. The first-order valence-corrected chi connectivity index (χ1v) is 8.84. The molecule has 1 saturated heterocycles. The molecule has 0 aromatic heterocycles. The molecule has 0 bridgehead atoms. The van der Waals surface area contributed by atoms with Crippen LogP contribution in [0.15, 0.2) is 24.3 Å². The van der Waals surface area contributed by atoms with Gasteiger partial charge in [-0.05, 0) is 68.2 Å². The number of aliphatic hydroxyl groups excluding tert-OH is 1. The van der Waals surface area contributed by atoms with Crippen molar-refractivity contribution in [3.63, 3.8) is 0 Å². The highest BCUT2D eigenvalue weighted by Gasteiger charge is 2.20. The number of benzene rings is 1. The van der Waals surface area contributed by atoms with Crippen LogP contribution in [0.1, 0.15) is 64.5 Å². The van der Waals surface area contributed by atoms with Crippen molar-refractivity contribution in [2.75, 3.05) is 13.1 Å². The minimum atomic E-state index is -0.139. The lowest BCUT2D eigenvalue weighted by atomic mass is 9.86. The van der Waals surface area contributed by atoms with Crippen LogP contribution >= 0.6 is 0 Å². The van der Waals surface area contributed by atoms with Crippen LogP contribution in [0.4, 0.5) is 0 Å². The maximum Gasteiger partial charge on any atom is 0.0512 e. The second-order valence-electron chi connectivity index (χ2n) is 8.09. The largest absolute Gasteiger partial charge is 0.393 e. The van der Waals surface area contributed by atoms with Gasteiger partial charge in [-0.15, -0.1) is 0 Å². The van der Waals surface area contributed by atoms with Gasteiger partial charge in [0.05, 0.1) is 6.10 Å². The lowest BCUT2D eigenvalue weighted by Gasteiger charge is -2.32. The molecule has 22 heavy (non-hydrogen) atoms. The summed E-state index contributed by atoms with van der Waals surface area (Å²) in [6.45, 7) is 12.2. The quantitative estimate of drug-likeness (QED) is 0.874. The van der Waals surface area contributed by atoms with Gasteiger partial charge in [-0.3, -0.25) is 4.90 Å². The first-order chi connectivity index (χ1) is 10.3. The second kappa shape index (κ2) is 7.61. The number of aliphatic hydroxyl groups is 1. The molecule has 2 nitrogen and oxygen atoms in total. The highest BCUT2D eigenvalue weighted by molar-refractivity contribution is 5.27. The summed E-state index contributed by atoms with van der Waals surface area (Å²) in [4.78, 5) is 2.57. The fraction of sp³-hybridized carbons (Fsp3) is 0.700. The summed E-state index contributed by atoms with van der Waals surface area (Å²) >= 11 is 0. The van der Waals surface area contributed by atoms with Gasteiger partial charge >= 0.3 is 0 Å². The van der Waals surface area contributed by atoms with Gasteiger partial charge in [-0.25, -0.2) is 0 Å². The van der Waals surface area contributed by atoms with Crippen LogP contribution in [-0.4, -0.2) is 29.2 Å². The summed E-state index contributed by atoms with van der Waals surface area (Å²) < 4.78 is 0. The highest BCUT2D eigenvalue weighted by atomic mass is 16.3. The predicted octanol–water partition coefficient (Wildman–Crippen LogP) is 4.36. The van der Waals surface area contributed by atoms with E-state index in [0.717, 1.165) is 18.9 Å². The van der Waals surface area contributed by atoms with Crippen LogP contribution in [0.2, 0.25) is 0 Å². The van der Waals surface area contributed by atoms with Crippen molar-refractivity contribution in [1.29, 1.82) is 0 Å². The highest BCUT2D eigenvalue weighted by Crippen LogP contribution is 2.25. The van der Waals surface area contributed by atoms with Crippen LogP contribution in [0.3, 0.4) is 0 Å². The van der Waals surface area contributed by atoms with E-state index in [1.807, 2.05) is 6.92 Å². The van der Waals surface area contributed by atoms with Crippen LogP contribution in [0.25, 0.3) is 0 Å². The van der Waals surface area contributed by atoms with Crippen molar-refractivity contribution < 1.29 is 5.11 Å². The SMILES string of the molecule is CC(O)CCC1CCN(Cc2ccc(C(C)(C)C)cc2)CC1.